The lowest BCUT2D eigenvalue weighted by molar-refractivity contribution is 0.0377. The fourth-order valence-electron chi connectivity index (χ4n) is 4.69. The van der Waals surface area contributed by atoms with Crippen molar-refractivity contribution in [1.29, 1.82) is 5.41 Å². The summed E-state index contributed by atoms with van der Waals surface area (Å²) in [6.07, 6.45) is 3.54. The summed E-state index contributed by atoms with van der Waals surface area (Å²) < 4.78 is 0. The monoisotopic (exact) mass is 391 g/mol. The third-order valence-corrected chi connectivity index (χ3v) is 6.83. The largest absolute Gasteiger partial charge is 0.295 e. The molecule has 0 amide bonds. The van der Waals surface area contributed by atoms with Crippen LogP contribution in [-0.4, -0.2) is 63.4 Å². The molecule has 2 rings (SSSR count). The van der Waals surface area contributed by atoms with Crippen LogP contribution in [-0.2, 0) is 0 Å². The lowest BCUT2D eigenvalue weighted by atomic mass is 9.79. The Kier molecular flexibility index (Phi) is 6.04. The number of nitrogens with zero attached hydrogens (tertiary/aromatic N) is 4. The zero-order valence-electron chi connectivity index (χ0n) is 19.6. The van der Waals surface area contributed by atoms with Crippen molar-refractivity contribution < 1.29 is 0 Å². The topological polar surface area (TPSA) is 79.1 Å². The Bertz CT molecular complexity index is 574. The zero-order valence-corrected chi connectivity index (χ0v) is 19.6. The van der Waals surface area contributed by atoms with Gasteiger partial charge in [0.25, 0.3) is 0 Å². The van der Waals surface area contributed by atoms with E-state index in [1.807, 2.05) is 0 Å². The van der Waals surface area contributed by atoms with E-state index < -0.39 is 0 Å². The zero-order chi connectivity index (χ0) is 21.5. The molecule has 28 heavy (non-hydrogen) atoms. The van der Waals surface area contributed by atoms with Gasteiger partial charge in [0.15, 0.2) is 0 Å². The normalized spacial score (nSPS) is 26.5. The van der Waals surface area contributed by atoms with Crippen LogP contribution in [0.2, 0.25) is 0 Å². The molecule has 2 fully saturated rings. The van der Waals surface area contributed by atoms with Crippen LogP contribution in [0.25, 0.3) is 0 Å². The highest BCUT2D eigenvalue weighted by Crippen LogP contribution is 2.36. The average Bonchev–Trinajstić information content (AvgIpc) is 2.52. The van der Waals surface area contributed by atoms with Gasteiger partial charge in [-0.3, -0.25) is 15.2 Å². The van der Waals surface area contributed by atoms with Crippen LogP contribution < -0.4 is 10.9 Å². The van der Waals surface area contributed by atoms with Crippen molar-refractivity contribution in [2.75, 3.05) is 14.1 Å². The van der Waals surface area contributed by atoms with Crippen LogP contribution in [0.3, 0.4) is 0 Å². The smallest absolute Gasteiger partial charge is 0.230 e. The number of hydrazone groups is 2. The maximum absolute atomic E-state index is 8.14. The second-order valence-electron chi connectivity index (χ2n) is 11.0. The number of hydrogen-bond donors (Lipinski definition) is 3. The van der Waals surface area contributed by atoms with E-state index in [2.05, 4.69) is 100 Å². The minimum atomic E-state index is 0.0450. The van der Waals surface area contributed by atoms with Crippen molar-refractivity contribution in [2.24, 2.45) is 10.2 Å². The number of piperidine rings is 2. The Balaban J connectivity index is 1.99. The van der Waals surface area contributed by atoms with Crippen molar-refractivity contribution in [2.45, 2.75) is 103 Å². The summed E-state index contributed by atoms with van der Waals surface area (Å²) in [5.74, 6) is 0.115. The van der Waals surface area contributed by atoms with Crippen molar-refractivity contribution in [3.8, 4) is 0 Å². The molecule has 0 spiro atoms. The third-order valence-electron chi connectivity index (χ3n) is 6.83. The molecule has 2 saturated heterocycles. The highest BCUT2D eigenvalue weighted by molar-refractivity contribution is 5.90. The molecule has 0 radical (unpaired) electrons. The maximum atomic E-state index is 8.14. The first kappa shape index (κ1) is 22.8. The van der Waals surface area contributed by atoms with Gasteiger partial charge in [-0.05, 0) is 69.5 Å². The molecular weight excluding hydrogens is 350 g/mol. The summed E-state index contributed by atoms with van der Waals surface area (Å²) in [4.78, 5) is 4.83. The molecule has 2 heterocycles. The van der Waals surface area contributed by atoms with E-state index >= 15 is 0 Å². The molecule has 7 heteroatoms. The Labute approximate surface area is 171 Å². The van der Waals surface area contributed by atoms with Gasteiger partial charge in [-0.15, -0.1) is 0 Å². The van der Waals surface area contributed by atoms with Gasteiger partial charge in [-0.1, -0.05) is 0 Å². The molecule has 0 aromatic rings. The first-order valence-corrected chi connectivity index (χ1v) is 10.3. The van der Waals surface area contributed by atoms with E-state index in [1.165, 1.54) is 0 Å². The molecule has 0 bridgehead atoms. The molecule has 0 unspecified atom stereocenters. The molecule has 0 aromatic carbocycles. The minimum absolute atomic E-state index is 0.0450. The molecule has 2 aliphatic rings. The fourth-order valence-corrected chi connectivity index (χ4v) is 4.69. The summed E-state index contributed by atoms with van der Waals surface area (Å²) in [7, 11) is 4.35. The number of likely N-dealkylation sites (tertiary alicyclic amines) is 2. The minimum Gasteiger partial charge on any atom is -0.295 e. The summed E-state index contributed by atoms with van der Waals surface area (Å²) >= 11 is 0. The van der Waals surface area contributed by atoms with Crippen molar-refractivity contribution in [3.05, 3.63) is 0 Å². The second-order valence-corrected chi connectivity index (χ2v) is 11.0. The van der Waals surface area contributed by atoms with E-state index in [0.29, 0.717) is 0 Å². The molecule has 7 nitrogen and oxygen atoms in total. The van der Waals surface area contributed by atoms with E-state index in [-0.39, 0.29) is 28.1 Å². The van der Waals surface area contributed by atoms with Crippen LogP contribution in [0.15, 0.2) is 10.2 Å². The van der Waals surface area contributed by atoms with Gasteiger partial charge in [0, 0.05) is 59.3 Å². The Morgan fingerprint density at radius 1 is 0.679 bits per heavy atom. The van der Waals surface area contributed by atoms with E-state index in [9.17, 15) is 0 Å². The van der Waals surface area contributed by atoms with Crippen molar-refractivity contribution >= 4 is 17.4 Å². The molecule has 0 saturated carbocycles. The summed E-state index contributed by atoms with van der Waals surface area (Å²) in [5.41, 5.74) is 8.08. The highest BCUT2D eigenvalue weighted by Gasteiger charge is 2.42. The maximum Gasteiger partial charge on any atom is 0.230 e. The Morgan fingerprint density at radius 2 is 0.929 bits per heavy atom. The summed E-state index contributed by atoms with van der Waals surface area (Å²) in [6.45, 7) is 17.9. The molecule has 160 valence electrons. The third kappa shape index (κ3) is 4.92. The van der Waals surface area contributed by atoms with Gasteiger partial charge in [0.05, 0.1) is 0 Å². The van der Waals surface area contributed by atoms with Crippen LogP contribution in [0.1, 0.15) is 81.1 Å². The molecule has 0 aliphatic carbocycles. The van der Waals surface area contributed by atoms with Gasteiger partial charge < -0.3 is 0 Å². The lowest BCUT2D eigenvalue weighted by Gasteiger charge is -2.51. The predicted octanol–water partition coefficient (Wildman–Crippen LogP) is 3.38. The van der Waals surface area contributed by atoms with E-state index in [4.69, 9.17) is 5.41 Å². The first-order chi connectivity index (χ1) is 12.6. The SMILES string of the molecule is CN1C(C)(C)CC(=NNC(=N)NN=C2CC(C)(C)N(C)C(C)(C)C2)CC1(C)C. The molecule has 0 aromatic heterocycles. The fraction of sp³-hybridized carbons (Fsp3) is 0.857. The molecule has 0 atom stereocenters. The van der Waals surface area contributed by atoms with Crippen molar-refractivity contribution in [1.82, 2.24) is 20.7 Å². The summed E-state index contributed by atoms with van der Waals surface area (Å²) in [6, 6.07) is 0. The van der Waals surface area contributed by atoms with Crippen LogP contribution in [0.5, 0.6) is 0 Å². The Hall–Kier alpha value is -1.47. The number of nitrogens with one attached hydrogen (secondary N) is 3. The number of rotatable bonds is 2. The molecular formula is C21H41N7. The molecule has 2 aliphatic heterocycles. The lowest BCUT2D eigenvalue weighted by Crippen LogP contribution is -2.59. The quantitative estimate of drug-likeness (QED) is 0.383. The predicted molar refractivity (Wildman–Crippen MR) is 119 cm³/mol. The van der Waals surface area contributed by atoms with Crippen LogP contribution in [0, 0.1) is 5.41 Å². The average molecular weight is 392 g/mol. The van der Waals surface area contributed by atoms with Crippen LogP contribution in [0.4, 0.5) is 0 Å². The Morgan fingerprint density at radius 3 is 1.18 bits per heavy atom. The van der Waals surface area contributed by atoms with Gasteiger partial charge >= 0.3 is 0 Å². The number of hydrogen-bond acceptors (Lipinski definition) is 5. The van der Waals surface area contributed by atoms with E-state index in [1.54, 1.807) is 0 Å². The van der Waals surface area contributed by atoms with Gasteiger partial charge in [-0.2, -0.15) is 10.2 Å². The number of guanidine groups is 1. The van der Waals surface area contributed by atoms with Gasteiger partial charge in [0.1, 0.15) is 0 Å². The standard InChI is InChI=1S/C21H41N7/c1-18(2)11-15(12-19(3,4)27(18)9)23-25-17(22)26-24-16-13-20(5,6)28(10)21(7,8)14-16/h11-14H2,1-10H3,(H3,22,25,26). The van der Waals surface area contributed by atoms with Crippen LogP contribution >= 0.6 is 0 Å². The first-order valence-electron chi connectivity index (χ1n) is 10.3. The van der Waals surface area contributed by atoms with Crippen molar-refractivity contribution in [3.63, 3.8) is 0 Å². The van der Waals surface area contributed by atoms with Gasteiger partial charge in [0.2, 0.25) is 5.96 Å². The second kappa shape index (κ2) is 7.41. The van der Waals surface area contributed by atoms with Gasteiger partial charge in [-0.25, -0.2) is 10.9 Å². The highest BCUT2D eigenvalue weighted by atomic mass is 15.5. The summed E-state index contributed by atoms with van der Waals surface area (Å²) in [5, 5.41) is 17.2. The van der Waals surface area contributed by atoms with E-state index in [0.717, 1.165) is 37.1 Å². The molecule has 3 N–H and O–H groups in total.